The molecule has 0 atom stereocenters. The Hall–Kier alpha value is -2.89. The van der Waals surface area contributed by atoms with Crippen molar-refractivity contribution in [2.45, 2.75) is 95.8 Å². The van der Waals surface area contributed by atoms with Crippen LogP contribution in [-0.4, -0.2) is 61.2 Å². The largest absolute Gasteiger partial charge is 0.372 e. The molecule has 3 aromatic heterocycles. The lowest BCUT2D eigenvalue weighted by Gasteiger charge is -2.37. The summed E-state index contributed by atoms with van der Waals surface area (Å²) in [6, 6.07) is 0.769. The number of H-pyrrole nitrogens is 1. The minimum Gasteiger partial charge on any atom is -0.372 e. The summed E-state index contributed by atoms with van der Waals surface area (Å²) < 4.78 is 6.23. The zero-order valence-corrected chi connectivity index (χ0v) is 23.6. The van der Waals surface area contributed by atoms with Gasteiger partial charge in [-0.15, -0.1) is 11.3 Å². The summed E-state index contributed by atoms with van der Waals surface area (Å²) >= 11 is 1.40. The van der Waals surface area contributed by atoms with Gasteiger partial charge in [0.15, 0.2) is 10.8 Å². The smallest absolute Gasteiger partial charge is 0.278 e. The molecule has 1 amide bonds. The van der Waals surface area contributed by atoms with Crippen molar-refractivity contribution in [3.05, 3.63) is 34.1 Å². The van der Waals surface area contributed by atoms with Crippen molar-refractivity contribution in [2.75, 3.05) is 24.1 Å². The average molecular weight is 551 g/mol. The molecule has 3 aliphatic rings. The van der Waals surface area contributed by atoms with Crippen LogP contribution in [-0.2, 0) is 23.2 Å². The number of nitrogens with one attached hydrogen (secondary N) is 2. The second kappa shape index (κ2) is 10.9. The second-order valence-corrected chi connectivity index (χ2v) is 12.6. The van der Waals surface area contributed by atoms with Crippen LogP contribution in [0.2, 0.25) is 0 Å². The number of likely N-dealkylation sites (tertiary alicyclic amines) is 1. The first kappa shape index (κ1) is 26.3. The third-order valence-electron chi connectivity index (χ3n) is 8.53. The Kier molecular flexibility index (Phi) is 7.39. The fraction of sp³-hybridized carbons (Fsp3) is 0.607. The number of amides is 1. The van der Waals surface area contributed by atoms with E-state index >= 15 is 0 Å². The molecule has 10 nitrogen and oxygen atoms in total. The number of anilines is 2. The van der Waals surface area contributed by atoms with Crippen molar-refractivity contribution in [2.24, 2.45) is 0 Å². The van der Waals surface area contributed by atoms with E-state index in [4.69, 9.17) is 10.5 Å². The van der Waals surface area contributed by atoms with Crippen LogP contribution < -0.4 is 11.1 Å². The average Bonchev–Trinajstić information content (AvgIpc) is 3.45. The molecule has 1 saturated heterocycles. The molecule has 1 saturated carbocycles. The maximum absolute atomic E-state index is 13.2. The number of aromatic amines is 1. The molecule has 2 aliphatic carbocycles. The zero-order valence-electron chi connectivity index (χ0n) is 22.8. The molecule has 4 N–H and O–H groups in total. The van der Waals surface area contributed by atoms with E-state index in [2.05, 4.69) is 49.2 Å². The van der Waals surface area contributed by atoms with Crippen molar-refractivity contribution in [3.63, 3.8) is 0 Å². The van der Waals surface area contributed by atoms with E-state index < -0.39 is 0 Å². The maximum atomic E-state index is 13.2. The van der Waals surface area contributed by atoms with Gasteiger partial charge in [0.25, 0.3) is 5.91 Å². The van der Waals surface area contributed by atoms with Gasteiger partial charge in [-0.2, -0.15) is 5.10 Å². The first-order valence-electron chi connectivity index (χ1n) is 14.2. The molecular weight excluding hydrogens is 512 g/mol. The standard InChI is InChI=1S/C28H38N8O2S/c1-28(2)13-20-22(24-21(28)14-30-26(29)32-24)34-35-23(20)25(37)33-27-31-17(16-39-27)15-38-19-9-11-36(12-10-19)18-7-5-3-4-6-8-18/h14,16,18-19H,3-13,15H2,1-2H3,(H,34,35)(H2,29,30,32)(H,31,33,37). The van der Waals surface area contributed by atoms with E-state index in [1.807, 2.05) is 5.38 Å². The molecule has 0 aromatic carbocycles. The Morgan fingerprint density at radius 3 is 2.72 bits per heavy atom. The fourth-order valence-corrected chi connectivity index (χ4v) is 7.05. The normalized spacial score (nSPS) is 20.3. The number of hydrogen-bond acceptors (Lipinski definition) is 9. The van der Waals surface area contributed by atoms with Gasteiger partial charge in [0.1, 0.15) is 0 Å². The number of carbonyl (C=O) groups excluding carboxylic acids is 1. The highest BCUT2D eigenvalue weighted by atomic mass is 32.1. The summed E-state index contributed by atoms with van der Waals surface area (Å²) in [7, 11) is 0. The van der Waals surface area contributed by atoms with Crippen molar-refractivity contribution in [1.82, 2.24) is 30.0 Å². The predicted octanol–water partition coefficient (Wildman–Crippen LogP) is 4.70. The van der Waals surface area contributed by atoms with Crippen molar-refractivity contribution in [3.8, 4) is 11.4 Å². The van der Waals surface area contributed by atoms with Crippen LogP contribution in [0.5, 0.6) is 0 Å². The molecule has 0 unspecified atom stereocenters. The highest BCUT2D eigenvalue weighted by Gasteiger charge is 2.37. The van der Waals surface area contributed by atoms with Gasteiger partial charge in [0.05, 0.1) is 29.8 Å². The minimum absolute atomic E-state index is 0.195. The van der Waals surface area contributed by atoms with Crippen LogP contribution in [0.4, 0.5) is 11.1 Å². The first-order chi connectivity index (χ1) is 18.9. The van der Waals surface area contributed by atoms with E-state index in [1.165, 1.54) is 49.9 Å². The van der Waals surface area contributed by atoms with Gasteiger partial charge in [-0.1, -0.05) is 39.5 Å². The summed E-state index contributed by atoms with van der Waals surface area (Å²) in [5.74, 6) is -0.0952. The molecule has 208 valence electrons. The molecule has 39 heavy (non-hydrogen) atoms. The number of carbonyl (C=O) groups is 1. The van der Waals surface area contributed by atoms with Crippen LogP contribution in [0.15, 0.2) is 11.6 Å². The molecule has 4 heterocycles. The number of ether oxygens (including phenoxy) is 1. The van der Waals surface area contributed by atoms with Gasteiger partial charge in [-0.25, -0.2) is 15.0 Å². The summed E-state index contributed by atoms with van der Waals surface area (Å²) in [5.41, 5.74) is 10.0. The molecule has 11 heteroatoms. The topological polar surface area (TPSA) is 135 Å². The summed E-state index contributed by atoms with van der Waals surface area (Å²) in [6.45, 7) is 6.93. The number of aromatic nitrogens is 5. The highest BCUT2D eigenvalue weighted by Crippen LogP contribution is 2.42. The van der Waals surface area contributed by atoms with Crippen LogP contribution >= 0.6 is 11.3 Å². The van der Waals surface area contributed by atoms with Gasteiger partial charge in [0.2, 0.25) is 5.95 Å². The summed E-state index contributed by atoms with van der Waals surface area (Å²) in [5, 5.41) is 12.8. The molecule has 1 aliphatic heterocycles. The Balaban J connectivity index is 1.04. The molecule has 0 bridgehead atoms. The van der Waals surface area contributed by atoms with Crippen LogP contribution in [0.3, 0.4) is 0 Å². The molecule has 2 fully saturated rings. The minimum atomic E-state index is -0.290. The Labute approximate surface area is 233 Å². The number of hydrogen-bond donors (Lipinski definition) is 3. The van der Waals surface area contributed by atoms with Gasteiger partial charge >= 0.3 is 0 Å². The highest BCUT2D eigenvalue weighted by molar-refractivity contribution is 7.14. The SMILES string of the molecule is CC1(C)Cc2c(C(=O)Nc3nc(COC4CCN(C5CCCCCC5)CC4)cs3)n[nH]c2-c2nc(N)ncc21. The van der Waals surface area contributed by atoms with Gasteiger partial charge in [-0.3, -0.25) is 15.2 Å². The number of nitrogens with two attached hydrogens (primary N) is 1. The second-order valence-electron chi connectivity index (χ2n) is 11.8. The number of nitrogens with zero attached hydrogens (tertiary/aromatic N) is 5. The monoisotopic (exact) mass is 550 g/mol. The lowest BCUT2D eigenvalue weighted by atomic mass is 9.74. The number of piperidine rings is 1. The first-order valence-corrected chi connectivity index (χ1v) is 15.1. The lowest BCUT2D eigenvalue weighted by molar-refractivity contribution is -0.0134. The van der Waals surface area contributed by atoms with Crippen LogP contribution in [0.25, 0.3) is 11.4 Å². The van der Waals surface area contributed by atoms with E-state index in [-0.39, 0.29) is 23.4 Å². The number of nitrogen functional groups attached to an aromatic ring is 1. The third-order valence-corrected chi connectivity index (χ3v) is 9.34. The molecule has 6 rings (SSSR count). The quantitative estimate of drug-likeness (QED) is 0.376. The number of rotatable bonds is 6. The van der Waals surface area contributed by atoms with Gasteiger partial charge in [0, 0.05) is 41.8 Å². The number of thiazole rings is 1. The summed E-state index contributed by atoms with van der Waals surface area (Å²) in [6.07, 6.45) is 13.1. The van der Waals surface area contributed by atoms with Crippen LogP contribution in [0.1, 0.15) is 92.5 Å². The lowest BCUT2D eigenvalue weighted by Crippen LogP contribution is -2.43. The fourth-order valence-electron chi connectivity index (χ4n) is 6.36. The van der Waals surface area contributed by atoms with Gasteiger partial charge in [-0.05, 0) is 37.5 Å². The Bertz CT molecular complexity index is 1320. The zero-order chi connectivity index (χ0) is 27.0. The molecule has 3 aromatic rings. The van der Waals surface area contributed by atoms with Crippen molar-refractivity contribution in [1.29, 1.82) is 0 Å². The van der Waals surface area contributed by atoms with E-state index in [9.17, 15) is 4.79 Å². The predicted molar refractivity (Wildman–Crippen MR) is 152 cm³/mol. The third kappa shape index (κ3) is 5.57. The molecular formula is C28H38N8O2S. The van der Waals surface area contributed by atoms with Crippen molar-refractivity contribution < 1.29 is 9.53 Å². The van der Waals surface area contributed by atoms with E-state index in [1.54, 1.807) is 6.20 Å². The van der Waals surface area contributed by atoms with Crippen LogP contribution in [0, 0.1) is 0 Å². The molecule has 0 radical (unpaired) electrons. The molecule has 0 spiro atoms. The Morgan fingerprint density at radius 1 is 1.18 bits per heavy atom. The maximum Gasteiger partial charge on any atom is 0.278 e. The van der Waals surface area contributed by atoms with Gasteiger partial charge < -0.3 is 15.4 Å². The number of fused-ring (bicyclic) bond motifs is 3. The Morgan fingerprint density at radius 2 is 1.95 bits per heavy atom. The van der Waals surface area contributed by atoms with E-state index in [0.29, 0.717) is 29.5 Å². The van der Waals surface area contributed by atoms with Crippen molar-refractivity contribution >= 4 is 28.3 Å². The van der Waals surface area contributed by atoms with E-state index in [0.717, 1.165) is 54.5 Å². The summed E-state index contributed by atoms with van der Waals surface area (Å²) in [4.78, 5) is 29.1.